The Kier molecular flexibility index (Phi) is 6.29. The number of halogens is 2. The summed E-state index contributed by atoms with van der Waals surface area (Å²) < 4.78 is 32.8. The van der Waals surface area contributed by atoms with E-state index in [9.17, 15) is 23.5 Å². The van der Waals surface area contributed by atoms with Crippen LogP contribution in [0.5, 0.6) is 11.5 Å². The minimum Gasteiger partial charge on any atom is -0.506 e. The maximum absolute atomic E-state index is 14.7. The van der Waals surface area contributed by atoms with Crippen LogP contribution in [0.4, 0.5) is 8.78 Å². The average Bonchev–Trinajstić information content (AvgIpc) is 2.74. The van der Waals surface area contributed by atoms with Gasteiger partial charge in [0, 0.05) is 17.7 Å². The summed E-state index contributed by atoms with van der Waals surface area (Å²) in [7, 11) is 0. The van der Waals surface area contributed by atoms with Crippen LogP contribution in [0.25, 0.3) is 0 Å². The van der Waals surface area contributed by atoms with Crippen LogP contribution in [0.1, 0.15) is 38.4 Å². The Morgan fingerprint density at radius 2 is 1.74 bits per heavy atom. The molecular weight excluding hydrogens is 408 g/mol. The van der Waals surface area contributed by atoms with Gasteiger partial charge in [-0.05, 0) is 73.0 Å². The van der Waals surface area contributed by atoms with Crippen molar-refractivity contribution in [3.8, 4) is 11.5 Å². The van der Waals surface area contributed by atoms with E-state index in [4.69, 9.17) is 9.84 Å². The highest BCUT2D eigenvalue weighted by molar-refractivity contribution is 6.09. The molecule has 1 aromatic heterocycles. The van der Waals surface area contributed by atoms with E-state index in [1.54, 1.807) is 6.92 Å². The maximum atomic E-state index is 14.7. The predicted octanol–water partition coefficient (Wildman–Crippen LogP) is 3.97. The van der Waals surface area contributed by atoms with Crippen LogP contribution in [0.15, 0.2) is 42.5 Å². The molecule has 1 heterocycles. The van der Waals surface area contributed by atoms with Crippen molar-refractivity contribution in [1.82, 2.24) is 4.98 Å². The molecular formula is C23H19F2NO5. The van der Waals surface area contributed by atoms with Gasteiger partial charge in [-0.25, -0.2) is 18.6 Å². The number of carboxylic acid groups (broad SMARTS) is 1. The molecule has 0 saturated carbocycles. The topological polar surface area (TPSA) is 96.7 Å². The fourth-order valence-electron chi connectivity index (χ4n) is 3.15. The highest BCUT2D eigenvalue weighted by Crippen LogP contribution is 2.29. The number of carbonyl (C=O) groups excluding carboxylic acids is 1. The molecule has 2 aromatic carbocycles. The number of carboxylic acids is 1. The molecule has 0 bridgehead atoms. The van der Waals surface area contributed by atoms with E-state index in [1.807, 2.05) is 0 Å². The number of aliphatic carboxylic acids is 1. The minimum absolute atomic E-state index is 0.160. The number of hydrogen-bond acceptors (Lipinski definition) is 5. The first-order valence-electron chi connectivity index (χ1n) is 9.29. The lowest BCUT2D eigenvalue weighted by Crippen LogP contribution is -2.12. The van der Waals surface area contributed by atoms with Crippen molar-refractivity contribution in [2.24, 2.45) is 0 Å². The van der Waals surface area contributed by atoms with Gasteiger partial charge in [0.1, 0.15) is 11.6 Å². The third kappa shape index (κ3) is 4.85. The summed E-state index contributed by atoms with van der Waals surface area (Å²) >= 11 is 0. The van der Waals surface area contributed by atoms with Gasteiger partial charge < -0.3 is 14.9 Å². The van der Waals surface area contributed by atoms with Crippen LogP contribution in [0, 0.1) is 25.5 Å². The first-order valence-corrected chi connectivity index (χ1v) is 9.29. The van der Waals surface area contributed by atoms with E-state index >= 15 is 0 Å². The largest absolute Gasteiger partial charge is 0.506 e. The second-order valence-corrected chi connectivity index (χ2v) is 6.97. The molecule has 0 atom stereocenters. The van der Waals surface area contributed by atoms with Gasteiger partial charge in [0.25, 0.3) is 0 Å². The Morgan fingerprint density at radius 1 is 1.06 bits per heavy atom. The van der Waals surface area contributed by atoms with Crippen LogP contribution < -0.4 is 4.74 Å². The molecule has 0 fully saturated rings. The third-order valence-corrected chi connectivity index (χ3v) is 4.78. The van der Waals surface area contributed by atoms with Crippen molar-refractivity contribution in [3.63, 3.8) is 0 Å². The van der Waals surface area contributed by atoms with Crippen molar-refractivity contribution in [2.45, 2.75) is 20.3 Å². The molecule has 0 spiro atoms. The second kappa shape index (κ2) is 8.91. The monoisotopic (exact) mass is 427 g/mol. The molecule has 6 nitrogen and oxygen atoms in total. The van der Waals surface area contributed by atoms with Crippen molar-refractivity contribution >= 4 is 11.8 Å². The number of rotatable bonds is 7. The first-order chi connectivity index (χ1) is 14.7. The smallest absolute Gasteiger partial charge is 0.341 e. The van der Waals surface area contributed by atoms with E-state index in [1.165, 1.54) is 37.3 Å². The lowest BCUT2D eigenvalue weighted by molar-refractivity contribution is -0.139. The van der Waals surface area contributed by atoms with Crippen molar-refractivity contribution in [1.29, 1.82) is 0 Å². The SMILES string of the molecule is Cc1cc(OCC(=O)O)c(F)c(C)c1Cc1ccc(O)c(C(=O)c2ccc(F)cc2)n1. The number of carbonyl (C=O) groups is 2. The van der Waals surface area contributed by atoms with E-state index in [2.05, 4.69) is 4.98 Å². The number of ketones is 1. The van der Waals surface area contributed by atoms with Crippen LogP contribution in [0.3, 0.4) is 0 Å². The van der Waals surface area contributed by atoms with Crippen LogP contribution >= 0.6 is 0 Å². The zero-order chi connectivity index (χ0) is 22.7. The fourth-order valence-corrected chi connectivity index (χ4v) is 3.15. The van der Waals surface area contributed by atoms with Crippen LogP contribution in [0.2, 0.25) is 0 Å². The summed E-state index contributed by atoms with van der Waals surface area (Å²) in [6.07, 6.45) is 0.164. The Morgan fingerprint density at radius 3 is 2.39 bits per heavy atom. The van der Waals surface area contributed by atoms with Gasteiger partial charge >= 0.3 is 5.97 Å². The van der Waals surface area contributed by atoms with Crippen molar-refractivity contribution < 1.29 is 33.3 Å². The molecule has 8 heteroatoms. The zero-order valence-electron chi connectivity index (χ0n) is 16.8. The fraction of sp³-hybridized carbons (Fsp3) is 0.174. The molecule has 0 saturated heterocycles. The normalized spacial score (nSPS) is 10.7. The van der Waals surface area contributed by atoms with E-state index < -0.39 is 30.0 Å². The summed E-state index contributed by atoms with van der Waals surface area (Å²) in [5, 5.41) is 18.8. The van der Waals surface area contributed by atoms with Crippen LogP contribution in [-0.4, -0.2) is 33.6 Å². The van der Waals surface area contributed by atoms with E-state index in [0.717, 1.165) is 12.1 Å². The standard InChI is InChI=1S/C23H19F2NO5/c1-12-9-19(31-11-20(28)29)21(25)13(2)17(12)10-16-7-8-18(27)22(26-16)23(30)14-3-5-15(24)6-4-14/h3-9,27H,10-11H2,1-2H3,(H,28,29). The average molecular weight is 427 g/mol. The van der Waals surface area contributed by atoms with E-state index in [-0.39, 0.29) is 34.7 Å². The van der Waals surface area contributed by atoms with Gasteiger partial charge in [-0.1, -0.05) is 0 Å². The number of hydrogen-bond donors (Lipinski definition) is 2. The summed E-state index contributed by atoms with van der Waals surface area (Å²) in [4.78, 5) is 27.6. The molecule has 31 heavy (non-hydrogen) atoms. The number of nitrogens with zero attached hydrogens (tertiary/aromatic N) is 1. The van der Waals surface area contributed by atoms with Crippen molar-refractivity contribution in [2.75, 3.05) is 6.61 Å². The number of pyridine rings is 1. The summed E-state index contributed by atoms with van der Waals surface area (Å²) in [5.41, 5.74) is 1.90. The quantitative estimate of drug-likeness (QED) is 0.554. The summed E-state index contributed by atoms with van der Waals surface area (Å²) in [6.45, 7) is 2.60. The molecule has 0 aliphatic rings. The molecule has 0 radical (unpaired) electrons. The van der Waals surface area contributed by atoms with Gasteiger partial charge in [-0.2, -0.15) is 0 Å². The number of ether oxygens (including phenoxy) is 1. The highest BCUT2D eigenvalue weighted by Gasteiger charge is 2.19. The maximum Gasteiger partial charge on any atom is 0.341 e. The second-order valence-electron chi connectivity index (χ2n) is 6.97. The van der Waals surface area contributed by atoms with Gasteiger partial charge in [-0.3, -0.25) is 4.79 Å². The van der Waals surface area contributed by atoms with Crippen molar-refractivity contribution in [3.05, 3.63) is 87.7 Å². The number of benzene rings is 2. The number of aromatic nitrogens is 1. The Hall–Kier alpha value is -3.81. The van der Waals surface area contributed by atoms with E-state index in [0.29, 0.717) is 16.8 Å². The minimum atomic E-state index is -1.22. The van der Waals surface area contributed by atoms with Crippen LogP contribution in [-0.2, 0) is 11.2 Å². The lowest BCUT2D eigenvalue weighted by atomic mass is 9.96. The number of aryl methyl sites for hydroxylation is 1. The molecule has 160 valence electrons. The Bertz CT molecular complexity index is 1160. The molecule has 2 N–H and O–H groups in total. The Balaban J connectivity index is 1.92. The third-order valence-electron chi connectivity index (χ3n) is 4.78. The molecule has 0 aliphatic carbocycles. The van der Waals surface area contributed by atoms with Gasteiger partial charge in [0.15, 0.2) is 23.9 Å². The summed E-state index contributed by atoms with van der Waals surface area (Å²) in [6, 6.07) is 9.11. The first kappa shape index (κ1) is 21.9. The van der Waals surface area contributed by atoms with Gasteiger partial charge in [0.05, 0.1) is 0 Å². The predicted molar refractivity (Wildman–Crippen MR) is 108 cm³/mol. The summed E-state index contributed by atoms with van der Waals surface area (Å²) in [5.74, 6) is -3.45. The molecule has 0 aliphatic heterocycles. The molecule has 3 rings (SSSR count). The van der Waals surface area contributed by atoms with Gasteiger partial charge in [0.2, 0.25) is 5.78 Å². The molecule has 3 aromatic rings. The number of aromatic hydroxyl groups is 1. The lowest BCUT2D eigenvalue weighted by Gasteiger charge is -2.15. The van der Waals surface area contributed by atoms with Gasteiger partial charge in [-0.15, -0.1) is 0 Å². The zero-order valence-corrected chi connectivity index (χ0v) is 16.8. The molecule has 0 unspecified atom stereocenters. The molecule has 0 amide bonds. The highest BCUT2D eigenvalue weighted by atomic mass is 19.1. The Labute approximate surface area is 176 Å².